The van der Waals surface area contributed by atoms with E-state index in [1.807, 2.05) is 48.5 Å². The Bertz CT molecular complexity index is 1130. The molecule has 32 heavy (non-hydrogen) atoms. The molecule has 0 spiro atoms. The zero-order valence-corrected chi connectivity index (χ0v) is 18.8. The van der Waals surface area contributed by atoms with Crippen LogP contribution in [0.4, 0.5) is 10.5 Å². The van der Waals surface area contributed by atoms with Gasteiger partial charge in [0, 0.05) is 12.1 Å². The summed E-state index contributed by atoms with van der Waals surface area (Å²) in [6, 6.07) is 19.6. The Hall–Kier alpha value is -3.67. The zero-order chi connectivity index (χ0) is 23.3. The number of anilines is 1. The number of Topliss-reactive ketones (excluding diaryl/α,β-unsaturated/α-hetero) is 1. The average molecular weight is 433 g/mol. The molecule has 0 saturated carbocycles. The molecule has 0 fully saturated rings. The van der Waals surface area contributed by atoms with Crippen molar-refractivity contribution in [2.24, 2.45) is 0 Å². The molecule has 0 bridgehead atoms. The van der Waals surface area contributed by atoms with E-state index in [-0.39, 0.29) is 18.1 Å². The lowest BCUT2D eigenvalue weighted by atomic mass is 9.94. The van der Waals surface area contributed by atoms with E-state index in [1.165, 1.54) is 0 Å². The molecule has 0 aromatic heterocycles. The van der Waals surface area contributed by atoms with Crippen LogP contribution in [0.15, 0.2) is 66.7 Å². The van der Waals surface area contributed by atoms with Gasteiger partial charge in [0.15, 0.2) is 5.78 Å². The quantitative estimate of drug-likeness (QED) is 0.566. The monoisotopic (exact) mass is 432 g/mol. The molecule has 0 saturated heterocycles. The van der Waals surface area contributed by atoms with Crippen molar-refractivity contribution >= 4 is 34.2 Å². The van der Waals surface area contributed by atoms with Gasteiger partial charge in [-0.1, -0.05) is 54.6 Å². The minimum atomic E-state index is -0.763. The summed E-state index contributed by atoms with van der Waals surface area (Å²) in [4.78, 5) is 38.1. The molecule has 3 aromatic carbocycles. The van der Waals surface area contributed by atoms with Gasteiger partial charge in [0.05, 0.1) is 11.6 Å². The summed E-state index contributed by atoms with van der Waals surface area (Å²) >= 11 is 0. The SMILES string of the molecule is C[C@H](NC(=O)OC(C)(C)C)C(=O)Cc1ccc2ccccc2c1C(=O)Nc1ccccc1. The number of carbonyl (C=O) groups excluding carboxylic acids is 3. The third kappa shape index (κ3) is 5.94. The zero-order valence-electron chi connectivity index (χ0n) is 18.8. The molecule has 0 radical (unpaired) electrons. The number of hydrogen-bond donors (Lipinski definition) is 2. The Kier molecular flexibility index (Phi) is 6.93. The van der Waals surface area contributed by atoms with Crippen LogP contribution in [0.3, 0.4) is 0 Å². The van der Waals surface area contributed by atoms with Gasteiger partial charge < -0.3 is 15.4 Å². The first kappa shape index (κ1) is 23.0. The van der Waals surface area contributed by atoms with Gasteiger partial charge in [0.2, 0.25) is 0 Å². The number of rotatable bonds is 6. The maximum Gasteiger partial charge on any atom is 0.408 e. The number of ketones is 1. The smallest absolute Gasteiger partial charge is 0.408 e. The molecule has 6 heteroatoms. The van der Waals surface area contributed by atoms with Crippen molar-refractivity contribution in [3.63, 3.8) is 0 Å². The first-order valence-corrected chi connectivity index (χ1v) is 10.5. The van der Waals surface area contributed by atoms with Crippen molar-refractivity contribution in [2.45, 2.75) is 45.8 Å². The summed E-state index contributed by atoms with van der Waals surface area (Å²) in [5.74, 6) is -0.511. The first-order chi connectivity index (χ1) is 15.1. The van der Waals surface area contributed by atoms with Gasteiger partial charge in [-0.3, -0.25) is 9.59 Å². The molecule has 2 N–H and O–H groups in total. The molecule has 166 valence electrons. The molecular formula is C26H28N2O4. The van der Waals surface area contributed by atoms with Gasteiger partial charge in [-0.15, -0.1) is 0 Å². The minimum absolute atomic E-state index is 0.000653. The number of fused-ring (bicyclic) bond motifs is 1. The summed E-state index contributed by atoms with van der Waals surface area (Å²) in [6.07, 6.45) is -0.654. The maximum atomic E-state index is 13.2. The van der Waals surface area contributed by atoms with Crippen molar-refractivity contribution in [2.75, 3.05) is 5.32 Å². The normalized spacial score (nSPS) is 12.1. The second-order valence-corrected chi connectivity index (χ2v) is 8.65. The van der Waals surface area contributed by atoms with E-state index >= 15 is 0 Å². The lowest BCUT2D eigenvalue weighted by molar-refractivity contribution is -0.120. The van der Waals surface area contributed by atoms with Crippen LogP contribution >= 0.6 is 0 Å². The highest BCUT2D eigenvalue weighted by molar-refractivity contribution is 6.14. The second kappa shape index (κ2) is 9.64. The van der Waals surface area contributed by atoms with E-state index in [0.717, 1.165) is 10.8 Å². The van der Waals surface area contributed by atoms with E-state index in [4.69, 9.17) is 4.74 Å². The predicted octanol–water partition coefficient (Wildman–Crippen LogP) is 5.12. The highest BCUT2D eigenvalue weighted by atomic mass is 16.6. The van der Waals surface area contributed by atoms with Crippen LogP contribution in [0.1, 0.15) is 43.6 Å². The van der Waals surface area contributed by atoms with Crippen molar-refractivity contribution in [3.8, 4) is 0 Å². The Labute approximate surface area is 188 Å². The van der Waals surface area contributed by atoms with E-state index in [9.17, 15) is 14.4 Å². The molecule has 1 atom stereocenters. The molecule has 0 heterocycles. The number of carbonyl (C=O) groups is 3. The Morgan fingerprint density at radius 2 is 1.56 bits per heavy atom. The summed E-state index contributed by atoms with van der Waals surface area (Å²) in [6.45, 7) is 6.88. The van der Waals surface area contributed by atoms with Crippen LogP contribution in [0.2, 0.25) is 0 Å². The van der Waals surface area contributed by atoms with Gasteiger partial charge in [0.1, 0.15) is 5.60 Å². The molecule has 0 aliphatic carbocycles. The van der Waals surface area contributed by atoms with Crippen LogP contribution < -0.4 is 10.6 Å². The third-order valence-electron chi connectivity index (χ3n) is 4.85. The fourth-order valence-corrected chi connectivity index (χ4v) is 3.35. The highest BCUT2D eigenvalue weighted by Gasteiger charge is 2.23. The van der Waals surface area contributed by atoms with Crippen molar-refractivity contribution in [1.82, 2.24) is 5.32 Å². The number of amides is 2. The lowest BCUT2D eigenvalue weighted by Crippen LogP contribution is -2.42. The topological polar surface area (TPSA) is 84.5 Å². The minimum Gasteiger partial charge on any atom is -0.444 e. The fraction of sp³-hybridized carbons (Fsp3) is 0.269. The molecule has 0 unspecified atom stereocenters. The number of benzene rings is 3. The number of nitrogens with one attached hydrogen (secondary N) is 2. The third-order valence-corrected chi connectivity index (χ3v) is 4.85. The van der Waals surface area contributed by atoms with Gasteiger partial charge in [-0.2, -0.15) is 0 Å². The van der Waals surface area contributed by atoms with Crippen LogP contribution in [0, 0.1) is 0 Å². The molecule has 2 amide bonds. The molecule has 6 nitrogen and oxygen atoms in total. The fourth-order valence-electron chi connectivity index (χ4n) is 3.35. The summed E-state index contributed by atoms with van der Waals surface area (Å²) in [5, 5.41) is 7.15. The molecule has 0 aliphatic rings. The van der Waals surface area contributed by atoms with Gasteiger partial charge in [0.25, 0.3) is 5.91 Å². The molecular weight excluding hydrogens is 404 g/mol. The van der Waals surface area contributed by atoms with Gasteiger partial charge in [-0.25, -0.2) is 4.79 Å². The van der Waals surface area contributed by atoms with Crippen LogP contribution in [0.5, 0.6) is 0 Å². The lowest BCUT2D eigenvalue weighted by Gasteiger charge is -2.21. The number of alkyl carbamates (subject to hydrolysis) is 1. The maximum absolute atomic E-state index is 13.2. The Morgan fingerprint density at radius 1 is 0.906 bits per heavy atom. The molecule has 3 rings (SSSR count). The van der Waals surface area contributed by atoms with E-state index in [1.54, 1.807) is 45.9 Å². The van der Waals surface area contributed by atoms with Crippen molar-refractivity contribution in [3.05, 3.63) is 77.9 Å². The summed E-state index contributed by atoms with van der Waals surface area (Å²) in [5.41, 5.74) is 1.06. The highest BCUT2D eigenvalue weighted by Crippen LogP contribution is 2.25. The summed E-state index contributed by atoms with van der Waals surface area (Å²) in [7, 11) is 0. The number of hydrogen-bond acceptors (Lipinski definition) is 4. The first-order valence-electron chi connectivity index (χ1n) is 10.5. The Morgan fingerprint density at radius 3 is 2.25 bits per heavy atom. The van der Waals surface area contributed by atoms with Crippen molar-refractivity contribution in [1.29, 1.82) is 0 Å². The number of ether oxygens (including phenoxy) is 1. The van der Waals surface area contributed by atoms with E-state index in [0.29, 0.717) is 16.8 Å². The van der Waals surface area contributed by atoms with Crippen molar-refractivity contribution < 1.29 is 19.1 Å². The molecule has 3 aromatic rings. The average Bonchev–Trinajstić information content (AvgIpc) is 2.72. The van der Waals surface area contributed by atoms with Gasteiger partial charge in [-0.05, 0) is 56.2 Å². The summed E-state index contributed by atoms with van der Waals surface area (Å²) < 4.78 is 5.23. The Balaban J connectivity index is 1.86. The van der Waals surface area contributed by atoms with Crippen LogP contribution in [-0.4, -0.2) is 29.4 Å². The second-order valence-electron chi connectivity index (χ2n) is 8.65. The van der Waals surface area contributed by atoms with Crippen LogP contribution in [-0.2, 0) is 16.0 Å². The van der Waals surface area contributed by atoms with E-state index < -0.39 is 17.7 Å². The van der Waals surface area contributed by atoms with Gasteiger partial charge >= 0.3 is 6.09 Å². The number of para-hydroxylation sites is 1. The molecule has 0 aliphatic heterocycles. The van der Waals surface area contributed by atoms with Crippen LogP contribution in [0.25, 0.3) is 10.8 Å². The van der Waals surface area contributed by atoms with E-state index in [2.05, 4.69) is 10.6 Å². The largest absolute Gasteiger partial charge is 0.444 e. The standard InChI is InChI=1S/C26H28N2O4/c1-17(27-25(31)32-26(2,3)4)22(29)16-19-15-14-18-10-8-9-13-21(18)23(19)24(30)28-20-11-6-5-7-12-20/h5-15,17H,16H2,1-4H3,(H,27,31)(H,28,30)/t17-/m0/s1. The predicted molar refractivity (Wildman–Crippen MR) is 126 cm³/mol.